The van der Waals surface area contributed by atoms with Gasteiger partial charge in [-0.1, -0.05) is 28.1 Å². The molecule has 112 valence electrons. The van der Waals surface area contributed by atoms with Crippen molar-refractivity contribution in [3.05, 3.63) is 70.7 Å². The van der Waals surface area contributed by atoms with E-state index in [-0.39, 0.29) is 5.82 Å². The lowest BCUT2D eigenvalue weighted by Crippen LogP contribution is -2.01. The summed E-state index contributed by atoms with van der Waals surface area (Å²) in [6.45, 7) is 0.545. The van der Waals surface area contributed by atoms with Gasteiger partial charge in [-0.15, -0.1) is 0 Å². The van der Waals surface area contributed by atoms with Gasteiger partial charge in [0.15, 0.2) is 0 Å². The molecule has 3 rings (SSSR count). The maximum atomic E-state index is 13.5. The monoisotopic (exact) mass is 360 g/mol. The zero-order chi connectivity index (χ0) is 15.5. The molecule has 0 radical (unpaired) electrons. The van der Waals surface area contributed by atoms with Crippen LogP contribution in [-0.4, -0.2) is 16.7 Å². The Balaban J connectivity index is 1.94. The number of ether oxygens (including phenoxy) is 1. The number of hydrogen-bond donors (Lipinski definition) is 0. The summed E-state index contributed by atoms with van der Waals surface area (Å²) in [5, 5.41) is 0. The number of aromatic nitrogens is 2. The fraction of sp³-hybridized carbons (Fsp3) is 0.118. The van der Waals surface area contributed by atoms with Crippen molar-refractivity contribution in [3.8, 4) is 17.1 Å². The topological polar surface area (TPSA) is 27.1 Å². The van der Waals surface area contributed by atoms with Gasteiger partial charge in [-0.2, -0.15) is 0 Å². The van der Waals surface area contributed by atoms with Crippen LogP contribution in [0.15, 0.2) is 59.3 Å². The van der Waals surface area contributed by atoms with Crippen LogP contribution in [0, 0.1) is 5.82 Å². The number of benzene rings is 2. The molecule has 0 fully saturated rings. The van der Waals surface area contributed by atoms with Gasteiger partial charge in [-0.25, -0.2) is 9.37 Å². The standard InChI is InChI=1S/C17H14BrFN2O/c1-22-16-4-2-3-13(9-16)17-20-5-6-21(17)11-12-7-14(18)10-15(19)8-12/h2-10H,11H2,1H3. The van der Waals surface area contributed by atoms with Crippen LogP contribution in [0.25, 0.3) is 11.4 Å². The summed E-state index contributed by atoms with van der Waals surface area (Å²) in [5.74, 6) is 1.34. The van der Waals surface area contributed by atoms with Crippen molar-refractivity contribution in [2.24, 2.45) is 0 Å². The molecule has 0 aliphatic heterocycles. The third-order valence-corrected chi connectivity index (χ3v) is 3.78. The average molecular weight is 361 g/mol. The van der Waals surface area contributed by atoms with Gasteiger partial charge in [0.05, 0.1) is 7.11 Å². The zero-order valence-corrected chi connectivity index (χ0v) is 13.5. The van der Waals surface area contributed by atoms with Gasteiger partial charge in [0.1, 0.15) is 17.4 Å². The number of methoxy groups -OCH3 is 1. The predicted molar refractivity (Wildman–Crippen MR) is 87.4 cm³/mol. The maximum absolute atomic E-state index is 13.5. The van der Waals surface area contributed by atoms with Gasteiger partial charge in [-0.05, 0) is 35.9 Å². The Morgan fingerprint density at radius 3 is 2.86 bits per heavy atom. The largest absolute Gasteiger partial charge is 0.497 e. The molecule has 0 atom stereocenters. The molecule has 0 aliphatic carbocycles. The van der Waals surface area contributed by atoms with Crippen LogP contribution in [-0.2, 0) is 6.54 Å². The lowest BCUT2D eigenvalue weighted by Gasteiger charge is -2.10. The molecular formula is C17H14BrFN2O. The van der Waals surface area contributed by atoms with E-state index in [0.29, 0.717) is 6.54 Å². The molecule has 0 spiro atoms. The second kappa shape index (κ2) is 6.32. The molecular weight excluding hydrogens is 347 g/mol. The minimum absolute atomic E-state index is 0.257. The first-order valence-corrected chi connectivity index (χ1v) is 7.55. The summed E-state index contributed by atoms with van der Waals surface area (Å²) in [6.07, 6.45) is 3.62. The Morgan fingerprint density at radius 2 is 2.09 bits per heavy atom. The Morgan fingerprint density at radius 1 is 1.23 bits per heavy atom. The highest BCUT2D eigenvalue weighted by Crippen LogP contribution is 2.24. The van der Waals surface area contributed by atoms with E-state index < -0.39 is 0 Å². The summed E-state index contributed by atoms with van der Waals surface area (Å²) < 4.78 is 21.5. The number of rotatable bonds is 4. The van der Waals surface area contributed by atoms with Gasteiger partial charge in [0.25, 0.3) is 0 Å². The highest BCUT2D eigenvalue weighted by molar-refractivity contribution is 9.10. The quantitative estimate of drug-likeness (QED) is 0.684. The van der Waals surface area contributed by atoms with Crippen LogP contribution < -0.4 is 4.74 Å². The molecule has 0 aliphatic rings. The first-order chi connectivity index (χ1) is 10.7. The van der Waals surface area contributed by atoms with Crippen molar-refractivity contribution < 1.29 is 9.13 Å². The van der Waals surface area contributed by atoms with Gasteiger partial charge in [0.2, 0.25) is 0 Å². The normalized spacial score (nSPS) is 10.7. The molecule has 0 unspecified atom stereocenters. The molecule has 3 nitrogen and oxygen atoms in total. The van der Waals surface area contributed by atoms with Gasteiger partial charge >= 0.3 is 0 Å². The van der Waals surface area contributed by atoms with E-state index in [1.54, 1.807) is 13.3 Å². The molecule has 0 N–H and O–H groups in total. The lowest BCUT2D eigenvalue weighted by atomic mass is 10.2. The third kappa shape index (κ3) is 3.20. The summed E-state index contributed by atoms with van der Waals surface area (Å²) in [6, 6.07) is 12.6. The number of nitrogens with zero attached hydrogens (tertiary/aromatic N) is 2. The van der Waals surface area contributed by atoms with Crippen molar-refractivity contribution in [2.45, 2.75) is 6.54 Å². The van der Waals surface area contributed by atoms with Crippen LogP contribution in [0.3, 0.4) is 0 Å². The first kappa shape index (κ1) is 14.8. The van der Waals surface area contributed by atoms with Crippen LogP contribution in [0.5, 0.6) is 5.75 Å². The van der Waals surface area contributed by atoms with Crippen LogP contribution in [0.4, 0.5) is 4.39 Å². The molecule has 0 saturated carbocycles. The maximum Gasteiger partial charge on any atom is 0.140 e. The van der Waals surface area contributed by atoms with Gasteiger partial charge in [-0.3, -0.25) is 0 Å². The smallest absolute Gasteiger partial charge is 0.140 e. The van der Waals surface area contributed by atoms with Crippen molar-refractivity contribution in [3.63, 3.8) is 0 Å². The van der Waals surface area contributed by atoms with E-state index in [1.807, 2.05) is 41.1 Å². The Bertz CT molecular complexity index is 781. The van der Waals surface area contributed by atoms with E-state index in [4.69, 9.17) is 4.74 Å². The number of hydrogen-bond acceptors (Lipinski definition) is 2. The molecule has 22 heavy (non-hydrogen) atoms. The van der Waals surface area contributed by atoms with Crippen molar-refractivity contribution >= 4 is 15.9 Å². The summed E-state index contributed by atoms with van der Waals surface area (Å²) in [7, 11) is 1.63. The number of imidazole rings is 1. The molecule has 1 heterocycles. The van der Waals surface area contributed by atoms with E-state index in [9.17, 15) is 4.39 Å². The Kier molecular flexibility index (Phi) is 4.24. The minimum atomic E-state index is -0.257. The first-order valence-electron chi connectivity index (χ1n) is 6.76. The van der Waals surface area contributed by atoms with E-state index >= 15 is 0 Å². The molecule has 0 bridgehead atoms. The second-order valence-electron chi connectivity index (χ2n) is 4.89. The molecule has 3 aromatic rings. The molecule has 2 aromatic carbocycles. The van der Waals surface area contributed by atoms with Crippen LogP contribution in [0.1, 0.15) is 5.56 Å². The lowest BCUT2D eigenvalue weighted by molar-refractivity contribution is 0.415. The minimum Gasteiger partial charge on any atom is -0.497 e. The van der Waals surface area contributed by atoms with E-state index in [1.165, 1.54) is 12.1 Å². The highest BCUT2D eigenvalue weighted by Gasteiger charge is 2.08. The Hall–Kier alpha value is -2.14. The van der Waals surface area contributed by atoms with Crippen LogP contribution >= 0.6 is 15.9 Å². The molecule has 0 amide bonds. The molecule has 0 saturated heterocycles. The SMILES string of the molecule is COc1cccc(-c2nccn2Cc2cc(F)cc(Br)c2)c1. The summed E-state index contributed by atoms with van der Waals surface area (Å²) in [5.41, 5.74) is 1.83. The van der Waals surface area contributed by atoms with E-state index in [0.717, 1.165) is 27.2 Å². The zero-order valence-electron chi connectivity index (χ0n) is 12.0. The highest BCUT2D eigenvalue weighted by atomic mass is 79.9. The summed E-state index contributed by atoms with van der Waals surface area (Å²) >= 11 is 3.32. The molecule has 1 aromatic heterocycles. The fourth-order valence-corrected chi connectivity index (χ4v) is 2.87. The predicted octanol–water partition coefficient (Wildman–Crippen LogP) is 4.51. The Labute approximate surface area is 136 Å². The van der Waals surface area contributed by atoms with Crippen molar-refractivity contribution in [1.29, 1.82) is 0 Å². The third-order valence-electron chi connectivity index (χ3n) is 3.32. The van der Waals surface area contributed by atoms with Gasteiger partial charge < -0.3 is 9.30 Å². The summed E-state index contributed by atoms with van der Waals surface area (Å²) in [4.78, 5) is 4.40. The van der Waals surface area contributed by atoms with Crippen LogP contribution in [0.2, 0.25) is 0 Å². The second-order valence-corrected chi connectivity index (χ2v) is 5.80. The average Bonchev–Trinajstić information content (AvgIpc) is 2.94. The van der Waals surface area contributed by atoms with Gasteiger partial charge in [0, 0.05) is 29.0 Å². The fourth-order valence-electron chi connectivity index (χ4n) is 2.36. The van der Waals surface area contributed by atoms with Crippen molar-refractivity contribution in [1.82, 2.24) is 9.55 Å². The van der Waals surface area contributed by atoms with Crippen molar-refractivity contribution in [2.75, 3.05) is 7.11 Å². The van der Waals surface area contributed by atoms with E-state index in [2.05, 4.69) is 20.9 Å². The molecule has 5 heteroatoms. The number of halogens is 2.